The molecule has 146 valence electrons. The van der Waals surface area contributed by atoms with Crippen LogP contribution in [0.2, 0.25) is 0 Å². The number of furan rings is 1. The number of thiophene rings is 1. The second-order valence-corrected chi connectivity index (χ2v) is 7.83. The molecule has 4 rings (SSSR count). The van der Waals surface area contributed by atoms with Crippen LogP contribution in [0.3, 0.4) is 0 Å². The van der Waals surface area contributed by atoms with Gasteiger partial charge in [-0.15, -0.1) is 11.3 Å². The summed E-state index contributed by atoms with van der Waals surface area (Å²) in [5, 5.41) is 8.55. The monoisotopic (exact) mass is 404 g/mol. The van der Waals surface area contributed by atoms with Crippen LogP contribution >= 0.6 is 11.3 Å². The molecular formula is C23H20N2O3S. The summed E-state index contributed by atoms with van der Waals surface area (Å²) in [5.74, 6) is -0.313. The Hall–Kier alpha value is -3.38. The molecule has 0 atom stereocenters. The lowest BCUT2D eigenvalue weighted by molar-refractivity contribution is -0.115. The first-order valence-corrected chi connectivity index (χ1v) is 10.1. The molecule has 2 heterocycles. The van der Waals surface area contributed by atoms with Gasteiger partial charge >= 0.3 is 0 Å². The zero-order valence-electron chi connectivity index (χ0n) is 16.1. The van der Waals surface area contributed by atoms with Crippen molar-refractivity contribution in [1.82, 2.24) is 0 Å². The maximum absolute atomic E-state index is 12.6. The molecule has 0 radical (unpaired) electrons. The molecule has 2 aromatic carbocycles. The number of hydrogen-bond donors (Lipinski definition) is 2. The summed E-state index contributed by atoms with van der Waals surface area (Å²) in [6.07, 6.45) is 1.86. The Morgan fingerprint density at radius 3 is 2.55 bits per heavy atom. The number of rotatable bonds is 5. The number of carbonyl (C=O) groups is 2. The third kappa shape index (κ3) is 4.07. The van der Waals surface area contributed by atoms with Crippen LogP contribution in [0.15, 0.2) is 64.6 Å². The molecule has 0 aliphatic rings. The predicted octanol–water partition coefficient (Wildman–Crippen LogP) is 5.54. The van der Waals surface area contributed by atoms with E-state index in [1.54, 1.807) is 36.6 Å². The number of nitrogens with one attached hydrogen (secondary N) is 2. The third-order valence-electron chi connectivity index (χ3n) is 4.84. The smallest absolute Gasteiger partial charge is 0.265 e. The van der Waals surface area contributed by atoms with E-state index in [0.29, 0.717) is 16.3 Å². The van der Waals surface area contributed by atoms with Crippen LogP contribution in [0.25, 0.3) is 11.0 Å². The predicted molar refractivity (Wildman–Crippen MR) is 117 cm³/mol. The Labute approximate surface area is 172 Å². The van der Waals surface area contributed by atoms with E-state index in [4.69, 9.17) is 4.42 Å². The Bertz CT molecular complexity index is 1190. The van der Waals surface area contributed by atoms with Gasteiger partial charge in [-0.3, -0.25) is 9.59 Å². The first-order chi connectivity index (χ1) is 14.0. The summed E-state index contributed by atoms with van der Waals surface area (Å²) in [4.78, 5) is 25.4. The van der Waals surface area contributed by atoms with Gasteiger partial charge in [-0.1, -0.05) is 24.3 Å². The molecule has 2 N–H and O–H groups in total. The van der Waals surface area contributed by atoms with Crippen molar-refractivity contribution in [3.8, 4) is 0 Å². The van der Waals surface area contributed by atoms with Crippen molar-refractivity contribution in [3.63, 3.8) is 0 Å². The van der Waals surface area contributed by atoms with Gasteiger partial charge in [-0.05, 0) is 54.6 Å². The lowest BCUT2D eigenvalue weighted by atomic mass is 10.0. The maximum Gasteiger partial charge on any atom is 0.265 e. The van der Waals surface area contributed by atoms with Crippen LogP contribution in [0.5, 0.6) is 0 Å². The summed E-state index contributed by atoms with van der Waals surface area (Å²) in [6.45, 7) is 4.05. The molecule has 2 aromatic heterocycles. The van der Waals surface area contributed by atoms with Crippen molar-refractivity contribution in [2.45, 2.75) is 20.3 Å². The molecule has 0 aliphatic carbocycles. The second kappa shape index (κ2) is 7.93. The number of benzene rings is 2. The Morgan fingerprint density at radius 1 is 1.00 bits per heavy atom. The minimum Gasteiger partial charge on any atom is -0.464 e. The van der Waals surface area contributed by atoms with Gasteiger partial charge in [0.1, 0.15) is 5.58 Å². The highest BCUT2D eigenvalue weighted by molar-refractivity contribution is 7.12. The quantitative estimate of drug-likeness (QED) is 0.458. The largest absolute Gasteiger partial charge is 0.464 e. The van der Waals surface area contributed by atoms with Crippen LogP contribution in [-0.4, -0.2) is 11.8 Å². The van der Waals surface area contributed by atoms with Crippen molar-refractivity contribution in [2.75, 3.05) is 10.6 Å². The lowest BCUT2D eigenvalue weighted by Crippen LogP contribution is -2.15. The van der Waals surface area contributed by atoms with Crippen molar-refractivity contribution in [3.05, 3.63) is 81.7 Å². The minimum absolute atomic E-state index is 0.146. The topological polar surface area (TPSA) is 71.3 Å². The van der Waals surface area contributed by atoms with E-state index in [1.807, 2.05) is 37.4 Å². The van der Waals surface area contributed by atoms with Crippen LogP contribution in [0.1, 0.15) is 26.4 Å². The van der Waals surface area contributed by atoms with E-state index in [2.05, 4.69) is 10.6 Å². The number of fused-ring (bicyclic) bond motifs is 1. The van der Waals surface area contributed by atoms with E-state index in [-0.39, 0.29) is 18.2 Å². The molecular weight excluding hydrogens is 384 g/mol. The summed E-state index contributed by atoms with van der Waals surface area (Å²) in [5.41, 5.74) is 5.17. The van der Waals surface area contributed by atoms with Gasteiger partial charge in [-0.25, -0.2) is 0 Å². The summed E-state index contributed by atoms with van der Waals surface area (Å²) < 4.78 is 5.68. The second-order valence-electron chi connectivity index (χ2n) is 6.88. The van der Waals surface area contributed by atoms with Crippen molar-refractivity contribution in [2.24, 2.45) is 0 Å². The number of hydrogen-bond acceptors (Lipinski definition) is 4. The fraction of sp³-hybridized carbons (Fsp3) is 0.130. The lowest BCUT2D eigenvalue weighted by Gasteiger charge is -2.08. The fourth-order valence-electron chi connectivity index (χ4n) is 3.18. The summed E-state index contributed by atoms with van der Waals surface area (Å²) in [6, 6.07) is 14.7. The highest BCUT2D eigenvalue weighted by Gasteiger charge is 2.13. The summed E-state index contributed by atoms with van der Waals surface area (Å²) >= 11 is 1.38. The van der Waals surface area contributed by atoms with E-state index < -0.39 is 0 Å². The molecule has 0 aliphatic heterocycles. The zero-order chi connectivity index (χ0) is 20.4. The number of anilines is 2. The molecule has 29 heavy (non-hydrogen) atoms. The van der Waals surface area contributed by atoms with Crippen LogP contribution < -0.4 is 10.6 Å². The highest BCUT2D eigenvalue weighted by Crippen LogP contribution is 2.27. The van der Waals surface area contributed by atoms with Gasteiger partial charge in [0.25, 0.3) is 5.91 Å². The standard InChI is InChI=1S/C23H20N2O3S/c1-14-8-9-19-16(13-28-22(19)15(14)2)11-21(26)24-17-5-3-6-18(12-17)25-23(27)20-7-4-10-29-20/h3-10,12-13H,11H2,1-2H3,(H,24,26)(H,25,27). The number of carbonyl (C=O) groups excluding carboxylic acids is 2. The number of aryl methyl sites for hydroxylation is 2. The molecule has 6 heteroatoms. The molecule has 0 spiro atoms. The molecule has 2 amide bonds. The Kier molecular flexibility index (Phi) is 5.18. The Balaban J connectivity index is 1.45. The first kappa shape index (κ1) is 19.0. The van der Waals surface area contributed by atoms with Gasteiger partial charge in [0.15, 0.2) is 0 Å². The fourth-order valence-corrected chi connectivity index (χ4v) is 3.80. The van der Waals surface area contributed by atoms with Gasteiger partial charge in [0, 0.05) is 22.3 Å². The normalized spacial score (nSPS) is 10.8. The molecule has 0 unspecified atom stereocenters. The van der Waals surface area contributed by atoms with Crippen LogP contribution in [-0.2, 0) is 11.2 Å². The number of amides is 2. The SMILES string of the molecule is Cc1ccc2c(CC(=O)Nc3cccc(NC(=O)c4cccs4)c3)coc2c1C. The first-order valence-electron chi connectivity index (χ1n) is 9.22. The van der Waals surface area contributed by atoms with Crippen molar-refractivity contribution < 1.29 is 14.0 Å². The molecule has 0 saturated heterocycles. The highest BCUT2D eigenvalue weighted by atomic mass is 32.1. The van der Waals surface area contributed by atoms with E-state index >= 15 is 0 Å². The molecule has 0 saturated carbocycles. The minimum atomic E-state index is -0.168. The zero-order valence-corrected chi connectivity index (χ0v) is 16.9. The van der Waals surface area contributed by atoms with Crippen LogP contribution in [0.4, 0.5) is 11.4 Å². The molecule has 5 nitrogen and oxygen atoms in total. The van der Waals surface area contributed by atoms with Gasteiger partial charge < -0.3 is 15.1 Å². The van der Waals surface area contributed by atoms with E-state index in [1.165, 1.54) is 11.3 Å². The third-order valence-corrected chi connectivity index (χ3v) is 5.71. The van der Waals surface area contributed by atoms with E-state index in [0.717, 1.165) is 27.7 Å². The summed E-state index contributed by atoms with van der Waals surface area (Å²) in [7, 11) is 0. The maximum atomic E-state index is 12.6. The van der Waals surface area contributed by atoms with Gasteiger partial charge in [-0.2, -0.15) is 0 Å². The van der Waals surface area contributed by atoms with Crippen molar-refractivity contribution >= 4 is 45.5 Å². The molecule has 0 bridgehead atoms. The average molecular weight is 404 g/mol. The van der Waals surface area contributed by atoms with E-state index in [9.17, 15) is 9.59 Å². The van der Waals surface area contributed by atoms with Gasteiger partial charge in [0.05, 0.1) is 17.6 Å². The van der Waals surface area contributed by atoms with Gasteiger partial charge in [0.2, 0.25) is 5.91 Å². The molecule has 4 aromatic rings. The average Bonchev–Trinajstić information content (AvgIpc) is 3.36. The molecule has 0 fully saturated rings. The van der Waals surface area contributed by atoms with Crippen molar-refractivity contribution in [1.29, 1.82) is 0 Å². The van der Waals surface area contributed by atoms with Crippen LogP contribution in [0, 0.1) is 13.8 Å². The Morgan fingerprint density at radius 2 is 1.79 bits per heavy atom.